The first-order chi connectivity index (χ1) is 9.13. The van der Waals surface area contributed by atoms with Crippen LogP contribution in [0, 0.1) is 10.1 Å². The second-order valence-corrected chi connectivity index (χ2v) is 4.20. The van der Waals surface area contributed by atoms with Crippen molar-refractivity contribution in [2.24, 2.45) is 0 Å². The first-order valence-electron chi connectivity index (χ1n) is 5.88. The molecule has 1 aliphatic heterocycles. The van der Waals surface area contributed by atoms with Gasteiger partial charge in [0, 0.05) is 19.2 Å². The fourth-order valence-electron chi connectivity index (χ4n) is 2.00. The van der Waals surface area contributed by atoms with Crippen molar-refractivity contribution in [3.8, 4) is 0 Å². The minimum atomic E-state index is -0.572. The summed E-state index contributed by atoms with van der Waals surface area (Å²) in [7, 11) is 0. The van der Waals surface area contributed by atoms with Crippen LogP contribution in [-0.4, -0.2) is 53.2 Å². The summed E-state index contributed by atoms with van der Waals surface area (Å²) in [6.07, 6.45) is -0.430. The number of carbonyl (C=O) groups is 1. The third-order valence-corrected chi connectivity index (χ3v) is 2.96. The van der Waals surface area contributed by atoms with Crippen LogP contribution >= 0.6 is 0 Å². The highest BCUT2D eigenvalue weighted by molar-refractivity contribution is 5.98. The molecule has 1 amide bonds. The molecule has 1 fully saturated rings. The number of nitro benzene ring substituents is 1. The van der Waals surface area contributed by atoms with E-state index in [2.05, 4.69) is 0 Å². The number of rotatable bonds is 3. The molecular formula is C12H14N2O5. The zero-order chi connectivity index (χ0) is 13.8. The first kappa shape index (κ1) is 13.4. The lowest BCUT2D eigenvalue weighted by molar-refractivity contribution is -0.385. The lowest BCUT2D eigenvalue weighted by atomic mass is 10.1. The molecule has 102 valence electrons. The molecule has 1 N–H and O–H groups in total. The van der Waals surface area contributed by atoms with Gasteiger partial charge < -0.3 is 14.7 Å². The second kappa shape index (κ2) is 5.77. The van der Waals surface area contributed by atoms with E-state index in [0.717, 1.165) is 0 Å². The van der Waals surface area contributed by atoms with Gasteiger partial charge in [0.25, 0.3) is 11.6 Å². The third-order valence-electron chi connectivity index (χ3n) is 2.96. The molecule has 0 saturated carbocycles. The van der Waals surface area contributed by atoms with Gasteiger partial charge in [0.2, 0.25) is 0 Å². The van der Waals surface area contributed by atoms with Gasteiger partial charge in [0.1, 0.15) is 5.56 Å². The van der Waals surface area contributed by atoms with Gasteiger partial charge in [0.15, 0.2) is 0 Å². The summed E-state index contributed by atoms with van der Waals surface area (Å²) in [4.78, 5) is 24.1. The van der Waals surface area contributed by atoms with Gasteiger partial charge in [-0.15, -0.1) is 0 Å². The number of nitrogens with zero attached hydrogens (tertiary/aromatic N) is 2. The van der Waals surface area contributed by atoms with E-state index in [4.69, 9.17) is 9.84 Å². The molecule has 1 aromatic rings. The molecule has 2 rings (SSSR count). The molecule has 7 nitrogen and oxygen atoms in total. The Morgan fingerprint density at radius 2 is 2.26 bits per heavy atom. The van der Waals surface area contributed by atoms with Crippen molar-refractivity contribution >= 4 is 11.6 Å². The van der Waals surface area contributed by atoms with Crippen molar-refractivity contribution in [1.29, 1.82) is 0 Å². The number of hydrogen-bond acceptors (Lipinski definition) is 5. The third kappa shape index (κ3) is 2.88. The number of ether oxygens (including phenoxy) is 1. The maximum absolute atomic E-state index is 12.3. The summed E-state index contributed by atoms with van der Waals surface area (Å²) in [5, 5.41) is 19.9. The number of carbonyl (C=O) groups excluding carboxylic acids is 1. The number of aliphatic hydroxyl groups is 1. The first-order valence-corrected chi connectivity index (χ1v) is 5.88. The Morgan fingerprint density at radius 1 is 1.53 bits per heavy atom. The van der Waals surface area contributed by atoms with E-state index >= 15 is 0 Å². The lowest BCUT2D eigenvalue weighted by Gasteiger charge is -2.31. The summed E-state index contributed by atoms with van der Waals surface area (Å²) < 4.78 is 5.24. The molecule has 1 atom stereocenters. The highest BCUT2D eigenvalue weighted by Crippen LogP contribution is 2.20. The fraction of sp³-hybridized carbons (Fsp3) is 0.417. The fourth-order valence-corrected chi connectivity index (χ4v) is 2.00. The summed E-state index contributed by atoms with van der Waals surface area (Å²) in [5.41, 5.74) is -0.148. The quantitative estimate of drug-likeness (QED) is 0.632. The molecule has 1 unspecified atom stereocenters. The minimum absolute atomic E-state index is 0.0612. The number of benzene rings is 1. The van der Waals surface area contributed by atoms with Gasteiger partial charge >= 0.3 is 0 Å². The van der Waals surface area contributed by atoms with Gasteiger partial charge in [-0.05, 0) is 6.07 Å². The van der Waals surface area contributed by atoms with Crippen molar-refractivity contribution in [2.45, 2.75) is 6.10 Å². The molecule has 1 aliphatic rings. The van der Waals surface area contributed by atoms with Crippen molar-refractivity contribution in [2.75, 3.05) is 26.3 Å². The van der Waals surface area contributed by atoms with E-state index in [1.807, 2.05) is 0 Å². The monoisotopic (exact) mass is 266 g/mol. The van der Waals surface area contributed by atoms with Crippen LogP contribution in [0.2, 0.25) is 0 Å². The Bertz CT molecular complexity index is 491. The normalized spacial score (nSPS) is 19.2. The summed E-state index contributed by atoms with van der Waals surface area (Å²) in [6.45, 7) is 0.737. The highest BCUT2D eigenvalue weighted by Gasteiger charge is 2.28. The number of para-hydroxylation sites is 1. The molecule has 0 bridgehead atoms. The molecule has 0 aliphatic carbocycles. The van der Waals surface area contributed by atoms with Crippen LogP contribution in [-0.2, 0) is 4.74 Å². The Kier molecular flexibility index (Phi) is 4.08. The van der Waals surface area contributed by atoms with Crippen molar-refractivity contribution < 1.29 is 19.6 Å². The average molecular weight is 266 g/mol. The molecule has 1 saturated heterocycles. The second-order valence-electron chi connectivity index (χ2n) is 4.20. The van der Waals surface area contributed by atoms with Gasteiger partial charge in [-0.2, -0.15) is 0 Å². The van der Waals surface area contributed by atoms with Gasteiger partial charge in [-0.25, -0.2) is 0 Å². The summed E-state index contributed by atoms with van der Waals surface area (Å²) in [5.74, 6) is -0.408. The molecule has 1 aromatic carbocycles. The van der Waals surface area contributed by atoms with E-state index in [9.17, 15) is 14.9 Å². The summed E-state index contributed by atoms with van der Waals surface area (Å²) in [6, 6.07) is 5.84. The number of aliphatic hydroxyl groups excluding tert-OH is 1. The molecular weight excluding hydrogens is 252 g/mol. The van der Waals surface area contributed by atoms with E-state index in [0.29, 0.717) is 13.2 Å². The van der Waals surface area contributed by atoms with E-state index in [1.54, 1.807) is 6.07 Å². The Labute approximate surface area is 109 Å². The average Bonchev–Trinajstić information content (AvgIpc) is 2.46. The topological polar surface area (TPSA) is 92.9 Å². The zero-order valence-corrected chi connectivity index (χ0v) is 10.2. The van der Waals surface area contributed by atoms with Crippen LogP contribution in [0.3, 0.4) is 0 Å². The van der Waals surface area contributed by atoms with Crippen molar-refractivity contribution in [1.82, 2.24) is 4.90 Å². The van der Waals surface area contributed by atoms with E-state index < -0.39 is 16.9 Å². The largest absolute Gasteiger partial charge is 0.394 e. The van der Waals surface area contributed by atoms with Crippen LogP contribution in [0.1, 0.15) is 10.4 Å². The standard InChI is InChI=1S/C12H14N2O5/c15-8-9-7-13(5-6-19-9)12(16)10-3-1-2-4-11(10)14(17)18/h1-4,9,15H,5-8H2. The highest BCUT2D eigenvalue weighted by atomic mass is 16.6. The predicted octanol–water partition coefficient (Wildman–Crippen LogP) is 0.428. The lowest BCUT2D eigenvalue weighted by Crippen LogP contribution is -2.47. The number of amides is 1. The SMILES string of the molecule is O=C(c1ccccc1[N+](=O)[O-])N1CCOC(CO)C1. The summed E-state index contributed by atoms with van der Waals surface area (Å²) >= 11 is 0. The van der Waals surface area contributed by atoms with Crippen LogP contribution in [0.5, 0.6) is 0 Å². The molecule has 0 aromatic heterocycles. The Hall–Kier alpha value is -1.99. The van der Waals surface area contributed by atoms with E-state index in [-0.39, 0.29) is 24.4 Å². The van der Waals surface area contributed by atoms with Crippen LogP contribution < -0.4 is 0 Å². The molecule has 7 heteroatoms. The number of morpholine rings is 1. The molecule has 0 radical (unpaired) electrons. The Morgan fingerprint density at radius 3 is 2.95 bits per heavy atom. The maximum Gasteiger partial charge on any atom is 0.282 e. The molecule has 1 heterocycles. The molecule has 0 spiro atoms. The minimum Gasteiger partial charge on any atom is -0.394 e. The van der Waals surface area contributed by atoms with E-state index in [1.165, 1.54) is 23.1 Å². The number of hydrogen-bond donors (Lipinski definition) is 1. The van der Waals surface area contributed by atoms with Gasteiger partial charge in [0.05, 0.1) is 24.2 Å². The smallest absolute Gasteiger partial charge is 0.282 e. The van der Waals surface area contributed by atoms with Gasteiger partial charge in [-0.3, -0.25) is 14.9 Å². The van der Waals surface area contributed by atoms with Crippen LogP contribution in [0.4, 0.5) is 5.69 Å². The van der Waals surface area contributed by atoms with Gasteiger partial charge in [-0.1, -0.05) is 12.1 Å². The van der Waals surface area contributed by atoms with Crippen molar-refractivity contribution in [3.63, 3.8) is 0 Å². The van der Waals surface area contributed by atoms with Crippen LogP contribution in [0.25, 0.3) is 0 Å². The zero-order valence-electron chi connectivity index (χ0n) is 10.2. The predicted molar refractivity (Wildman–Crippen MR) is 65.8 cm³/mol. The maximum atomic E-state index is 12.3. The van der Waals surface area contributed by atoms with Crippen molar-refractivity contribution in [3.05, 3.63) is 39.9 Å². The van der Waals surface area contributed by atoms with Crippen LogP contribution in [0.15, 0.2) is 24.3 Å². The molecule has 19 heavy (non-hydrogen) atoms. The Balaban J connectivity index is 2.22. The number of nitro groups is 1.